The Bertz CT molecular complexity index is 839. The molecule has 6 nitrogen and oxygen atoms in total. The SMILES string of the molecule is FC(F)(F)c1nnc2n1CCC(C1=C3C=NC=C[N+]3(Cl)C(Br)=N1)C2. The smallest absolute Gasteiger partial charge is 0.307 e. The molecular weight excluding hydrogens is 413 g/mol. The number of amidine groups is 1. The zero-order valence-electron chi connectivity index (χ0n) is 12.0. The number of hydrogen-bond acceptors (Lipinski definition) is 4. The zero-order chi connectivity index (χ0) is 17.1. The van der Waals surface area contributed by atoms with Crippen molar-refractivity contribution in [2.75, 3.05) is 0 Å². The Morgan fingerprint density at radius 1 is 1.33 bits per heavy atom. The summed E-state index contributed by atoms with van der Waals surface area (Å²) in [6, 6.07) is 0. The lowest BCUT2D eigenvalue weighted by molar-refractivity contribution is -0.595. The quantitative estimate of drug-likeness (QED) is 0.515. The molecule has 3 aliphatic rings. The lowest BCUT2D eigenvalue weighted by atomic mass is 9.93. The fourth-order valence-electron chi connectivity index (χ4n) is 3.10. The lowest BCUT2D eigenvalue weighted by Crippen LogP contribution is -2.34. The number of halogens is 5. The summed E-state index contributed by atoms with van der Waals surface area (Å²) in [6.45, 7) is 0.182. The molecule has 0 amide bonds. The van der Waals surface area contributed by atoms with Gasteiger partial charge >= 0.3 is 6.18 Å². The molecular formula is C13H10BrClF3N6+. The van der Waals surface area contributed by atoms with Crippen molar-refractivity contribution in [1.82, 2.24) is 14.8 Å². The van der Waals surface area contributed by atoms with Gasteiger partial charge in [-0.05, 0) is 6.42 Å². The van der Waals surface area contributed by atoms with Crippen LogP contribution in [0, 0.1) is 5.92 Å². The Morgan fingerprint density at radius 3 is 2.88 bits per heavy atom. The van der Waals surface area contributed by atoms with Crippen LogP contribution in [-0.2, 0) is 19.1 Å². The number of aliphatic imine (C=N–C) groups is 2. The van der Waals surface area contributed by atoms with E-state index in [2.05, 4.69) is 36.1 Å². The summed E-state index contributed by atoms with van der Waals surface area (Å²) in [5.41, 5.74) is 1.41. The molecule has 0 saturated heterocycles. The third kappa shape index (κ3) is 2.27. The average molecular weight is 423 g/mol. The van der Waals surface area contributed by atoms with Gasteiger partial charge in [-0.25, -0.2) is 0 Å². The average Bonchev–Trinajstić information content (AvgIpc) is 3.06. The van der Waals surface area contributed by atoms with E-state index >= 15 is 0 Å². The van der Waals surface area contributed by atoms with Crippen molar-refractivity contribution < 1.29 is 17.2 Å². The number of fused-ring (bicyclic) bond motifs is 2. The Hall–Kier alpha value is -1.52. The minimum absolute atomic E-state index is 0.0953. The van der Waals surface area contributed by atoms with Gasteiger partial charge in [0.15, 0.2) is 11.8 Å². The number of hydrogen-bond donors (Lipinski definition) is 0. The van der Waals surface area contributed by atoms with E-state index < -0.39 is 12.0 Å². The predicted octanol–water partition coefficient (Wildman–Crippen LogP) is 3.36. The molecule has 126 valence electrons. The molecule has 11 heteroatoms. The van der Waals surface area contributed by atoms with Crippen LogP contribution in [0.3, 0.4) is 0 Å². The van der Waals surface area contributed by atoms with Gasteiger partial charge in [0.1, 0.15) is 17.7 Å². The maximum atomic E-state index is 12.9. The van der Waals surface area contributed by atoms with E-state index in [0.717, 1.165) is 4.57 Å². The third-order valence-corrected chi connectivity index (χ3v) is 5.64. The highest BCUT2D eigenvalue weighted by atomic mass is 79.9. The molecule has 0 fully saturated rings. The number of quaternary nitrogens is 1. The molecule has 3 aliphatic heterocycles. The van der Waals surface area contributed by atoms with Crippen molar-refractivity contribution in [3.8, 4) is 0 Å². The number of rotatable bonds is 1. The Balaban J connectivity index is 1.69. The van der Waals surface area contributed by atoms with Gasteiger partial charge in [-0.15, -0.1) is 14.2 Å². The second kappa shape index (κ2) is 5.24. The van der Waals surface area contributed by atoms with Gasteiger partial charge in [0.25, 0.3) is 4.74 Å². The molecule has 24 heavy (non-hydrogen) atoms. The summed E-state index contributed by atoms with van der Waals surface area (Å²) < 4.78 is 40.3. The highest BCUT2D eigenvalue weighted by Gasteiger charge is 2.47. The molecule has 0 radical (unpaired) electrons. The maximum absolute atomic E-state index is 12.9. The van der Waals surface area contributed by atoms with E-state index in [1.165, 1.54) is 0 Å². The molecule has 0 bridgehead atoms. The van der Waals surface area contributed by atoms with Crippen LogP contribution in [0.15, 0.2) is 33.8 Å². The number of nitrogens with zero attached hydrogens (tertiary/aromatic N) is 6. The monoisotopic (exact) mass is 421 g/mol. The first kappa shape index (κ1) is 16.0. The minimum Gasteiger partial charge on any atom is -0.307 e. The first-order valence-electron chi connectivity index (χ1n) is 7.09. The van der Waals surface area contributed by atoms with E-state index in [0.29, 0.717) is 34.8 Å². The molecule has 0 saturated carbocycles. The van der Waals surface area contributed by atoms with Crippen molar-refractivity contribution >= 4 is 38.7 Å². The largest absolute Gasteiger partial charge is 0.451 e. The van der Waals surface area contributed by atoms with E-state index in [4.69, 9.17) is 11.8 Å². The summed E-state index contributed by atoms with van der Waals surface area (Å²) in [4.78, 5) is 8.57. The van der Waals surface area contributed by atoms with Gasteiger partial charge in [-0.1, -0.05) is 0 Å². The van der Waals surface area contributed by atoms with Gasteiger partial charge < -0.3 is 4.57 Å². The van der Waals surface area contributed by atoms with Crippen LogP contribution < -0.4 is 0 Å². The molecule has 4 heterocycles. The van der Waals surface area contributed by atoms with Gasteiger partial charge in [-0.2, -0.15) is 18.2 Å². The zero-order valence-corrected chi connectivity index (χ0v) is 14.3. The fourth-order valence-corrected chi connectivity index (χ4v) is 3.82. The second-order valence-corrected chi connectivity index (χ2v) is 6.89. The second-order valence-electron chi connectivity index (χ2n) is 5.64. The molecule has 2 atom stereocenters. The first-order valence-corrected chi connectivity index (χ1v) is 8.22. The van der Waals surface area contributed by atoms with Crippen LogP contribution in [0.25, 0.3) is 0 Å². The molecule has 2 unspecified atom stereocenters. The van der Waals surface area contributed by atoms with Crippen molar-refractivity contribution in [3.05, 3.63) is 35.4 Å². The molecule has 0 aliphatic carbocycles. The highest BCUT2D eigenvalue weighted by Crippen LogP contribution is 2.42. The van der Waals surface area contributed by atoms with Crippen LogP contribution in [-0.4, -0.2) is 29.7 Å². The summed E-state index contributed by atoms with van der Waals surface area (Å²) in [5.74, 6) is -0.739. The van der Waals surface area contributed by atoms with Crippen molar-refractivity contribution in [1.29, 1.82) is 0 Å². The van der Waals surface area contributed by atoms with Gasteiger partial charge in [0, 0.05) is 34.8 Å². The fraction of sp³-hybridized carbons (Fsp3) is 0.385. The van der Waals surface area contributed by atoms with E-state index in [1.54, 1.807) is 18.6 Å². The van der Waals surface area contributed by atoms with E-state index in [9.17, 15) is 13.2 Å². The van der Waals surface area contributed by atoms with E-state index in [-0.39, 0.29) is 16.5 Å². The number of aromatic nitrogens is 3. The predicted molar refractivity (Wildman–Crippen MR) is 84.0 cm³/mol. The number of alkyl halides is 3. The first-order chi connectivity index (χ1) is 11.3. The Labute approximate surface area is 147 Å². The molecule has 0 spiro atoms. The van der Waals surface area contributed by atoms with Crippen LogP contribution in [0.4, 0.5) is 13.2 Å². The number of allylic oxidation sites excluding steroid dienone is 2. The van der Waals surface area contributed by atoms with Crippen molar-refractivity contribution in [2.24, 2.45) is 15.9 Å². The van der Waals surface area contributed by atoms with Crippen LogP contribution in [0.2, 0.25) is 0 Å². The summed E-state index contributed by atoms with van der Waals surface area (Å²) in [5, 5.41) is 7.01. The van der Waals surface area contributed by atoms with Gasteiger partial charge in [0.05, 0.1) is 12.4 Å². The Morgan fingerprint density at radius 2 is 2.12 bits per heavy atom. The van der Waals surface area contributed by atoms with E-state index in [1.807, 2.05) is 0 Å². The molecule has 1 aromatic heterocycles. The van der Waals surface area contributed by atoms with Crippen LogP contribution >= 0.6 is 27.7 Å². The maximum Gasteiger partial charge on any atom is 0.451 e. The van der Waals surface area contributed by atoms with Crippen molar-refractivity contribution in [2.45, 2.75) is 25.6 Å². The third-order valence-electron chi connectivity index (χ3n) is 4.25. The van der Waals surface area contributed by atoms with Crippen LogP contribution in [0.5, 0.6) is 0 Å². The minimum atomic E-state index is -4.50. The van der Waals surface area contributed by atoms with Gasteiger partial charge in [-0.3, -0.25) is 4.99 Å². The van der Waals surface area contributed by atoms with Gasteiger partial charge in [0.2, 0.25) is 11.5 Å². The highest BCUT2D eigenvalue weighted by molar-refractivity contribution is 9.18. The summed E-state index contributed by atoms with van der Waals surface area (Å²) >= 11 is 9.90. The summed E-state index contributed by atoms with van der Waals surface area (Å²) in [6.07, 6.45) is 1.18. The molecule has 4 rings (SSSR count). The normalized spacial score (nSPS) is 28.9. The topological polar surface area (TPSA) is 55.4 Å². The summed E-state index contributed by atoms with van der Waals surface area (Å²) in [7, 11) is 0. The lowest BCUT2D eigenvalue weighted by Gasteiger charge is -2.24. The molecule has 1 aromatic rings. The standard InChI is InChI=1S/C13H10BrClF3N6/c14-12-20-10(8-6-19-2-4-24(8,12)15)7-1-3-23-9(5-7)21-22-11(23)13(16,17)18/h2,4,6-7H,1,3,5H2/q+1. The van der Waals surface area contributed by atoms with Crippen LogP contribution in [0.1, 0.15) is 18.1 Å². The van der Waals surface area contributed by atoms with Crippen molar-refractivity contribution in [3.63, 3.8) is 0 Å². The Kier molecular flexibility index (Phi) is 3.49. The molecule has 0 N–H and O–H groups in total. The molecule has 0 aromatic carbocycles.